The molecule has 0 aliphatic carbocycles. The lowest BCUT2D eigenvalue weighted by Crippen LogP contribution is -2.39. The lowest BCUT2D eigenvalue weighted by Gasteiger charge is -2.22. The minimum absolute atomic E-state index is 0.124. The molecule has 0 heterocycles. The molecule has 0 aliphatic heterocycles. The van der Waals surface area contributed by atoms with Crippen LogP contribution in [0.3, 0.4) is 0 Å². The maximum atomic E-state index is 12.0. The fraction of sp³-hybridized carbons (Fsp3) is 0.348. The Labute approximate surface area is 162 Å². The van der Waals surface area contributed by atoms with E-state index in [2.05, 4.69) is 5.32 Å². The number of allylic oxidation sites excluding steroid dienone is 1. The van der Waals surface area contributed by atoms with E-state index in [9.17, 15) is 4.79 Å². The van der Waals surface area contributed by atoms with Gasteiger partial charge in [-0.25, -0.2) is 4.79 Å². The average Bonchev–Trinajstić information content (AvgIpc) is 2.60. The second-order valence-corrected chi connectivity index (χ2v) is 7.40. The third-order valence-corrected chi connectivity index (χ3v) is 3.75. The van der Waals surface area contributed by atoms with Gasteiger partial charge in [-0.15, -0.1) is 0 Å². The van der Waals surface area contributed by atoms with E-state index in [0.29, 0.717) is 13.0 Å². The lowest BCUT2D eigenvalue weighted by molar-refractivity contribution is 0.0514. The Morgan fingerprint density at radius 2 is 1.70 bits per heavy atom. The van der Waals surface area contributed by atoms with Crippen LogP contribution in [0.2, 0.25) is 0 Å². The number of hydrogen-bond acceptors (Lipinski definition) is 3. The molecule has 0 aromatic heterocycles. The molecule has 0 fully saturated rings. The van der Waals surface area contributed by atoms with Gasteiger partial charge in [-0.3, -0.25) is 0 Å². The molecule has 0 aliphatic rings. The monoisotopic (exact) mass is 367 g/mol. The highest BCUT2D eigenvalue weighted by Gasteiger charge is 2.18. The minimum Gasteiger partial charge on any atom is -0.489 e. The van der Waals surface area contributed by atoms with E-state index < -0.39 is 11.7 Å². The summed E-state index contributed by atoms with van der Waals surface area (Å²) in [5.74, 6) is 0.824. The quantitative estimate of drug-likeness (QED) is 0.678. The Kier molecular flexibility index (Phi) is 7.47. The summed E-state index contributed by atoms with van der Waals surface area (Å²) < 4.78 is 11.2. The van der Waals surface area contributed by atoms with Crippen LogP contribution in [0.5, 0.6) is 5.75 Å². The summed E-state index contributed by atoms with van der Waals surface area (Å²) >= 11 is 0. The van der Waals surface area contributed by atoms with Gasteiger partial charge in [-0.1, -0.05) is 54.6 Å². The molecule has 1 amide bonds. The molecule has 1 unspecified atom stereocenters. The van der Waals surface area contributed by atoms with Crippen molar-refractivity contribution in [1.82, 2.24) is 5.32 Å². The van der Waals surface area contributed by atoms with Crippen LogP contribution in [-0.4, -0.2) is 17.7 Å². The lowest BCUT2D eigenvalue weighted by atomic mass is 10.1. The highest BCUT2D eigenvalue weighted by atomic mass is 16.6. The first-order valence-electron chi connectivity index (χ1n) is 9.24. The topological polar surface area (TPSA) is 47.6 Å². The van der Waals surface area contributed by atoms with Crippen molar-refractivity contribution >= 4 is 6.09 Å². The fourth-order valence-electron chi connectivity index (χ4n) is 2.58. The fourth-order valence-corrected chi connectivity index (χ4v) is 2.58. The molecule has 2 aromatic rings. The van der Waals surface area contributed by atoms with E-state index in [1.807, 2.05) is 94.4 Å². The van der Waals surface area contributed by atoms with Crippen LogP contribution >= 0.6 is 0 Å². The van der Waals surface area contributed by atoms with Crippen LogP contribution in [0.1, 0.15) is 38.8 Å². The molecule has 2 rings (SSSR count). The smallest absolute Gasteiger partial charge is 0.408 e. The zero-order chi connectivity index (χ0) is 19.7. The number of rotatable bonds is 7. The first-order valence-corrected chi connectivity index (χ1v) is 9.24. The van der Waals surface area contributed by atoms with Gasteiger partial charge in [0.2, 0.25) is 0 Å². The molecular formula is C23H29NO3. The second kappa shape index (κ2) is 9.81. The molecule has 1 atom stereocenters. The van der Waals surface area contributed by atoms with E-state index in [0.717, 1.165) is 16.9 Å². The molecule has 4 heteroatoms. The number of carbonyl (C=O) groups excluding carboxylic acids is 1. The first-order chi connectivity index (χ1) is 12.9. The van der Waals surface area contributed by atoms with E-state index in [-0.39, 0.29) is 6.04 Å². The van der Waals surface area contributed by atoms with Crippen LogP contribution in [0.15, 0.2) is 66.7 Å². The minimum atomic E-state index is -0.512. The summed E-state index contributed by atoms with van der Waals surface area (Å²) in [6.07, 6.45) is 4.17. The molecule has 0 radical (unpaired) electrons. The molecular weight excluding hydrogens is 338 g/mol. The first kappa shape index (κ1) is 20.6. The van der Waals surface area contributed by atoms with Gasteiger partial charge in [0.05, 0.1) is 6.04 Å². The number of ether oxygens (including phenoxy) is 2. The van der Waals surface area contributed by atoms with Crippen LogP contribution in [-0.2, 0) is 17.8 Å². The summed E-state index contributed by atoms with van der Waals surface area (Å²) in [7, 11) is 0. The van der Waals surface area contributed by atoms with Crippen LogP contribution < -0.4 is 10.1 Å². The molecule has 0 spiro atoms. The third-order valence-electron chi connectivity index (χ3n) is 3.75. The number of benzene rings is 2. The molecule has 0 bridgehead atoms. The van der Waals surface area contributed by atoms with E-state index in [1.165, 1.54) is 0 Å². The number of hydrogen-bond donors (Lipinski definition) is 1. The van der Waals surface area contributed by atoms with Crippen molar-refractivity contribution < 1.29 is 14.3 Å². The Hall–Kier alpha value is -2.75. The van der Waals surface area contributed by atoms with Crippen LogP contribution in [0.25, 0.3) is 0 Å². The van der Waals surface area contributed by atoms with Crippen molar-refractivity contribution in [2.75, 3.05) is 0 Å². The predicted octanol–water partition coefficient (Wildman–Crippen LogP) is 5.28. The van der Waals surface area contributed by atoms with Crippen LogP contribution in [0, 0.1) is 0 Å². The van der Waals surface area contributed by atoms with Gasteiger partial charge in [0.25, 0.3) is 0 Å². The standard InChI is InChI=1S/C23H29NO3/c1-5-9-20(24-22(25)27-23(2,3)4)16-18-12-14-21(15-13-18)26-17-19-10-7-6-8-11-19/h5-15,20H,16-17H2,1-4H3,(H,24,25)/b9-5+. The van der Waals surface area contributed by atoms with Crippen molar-refractivity contribution in [1.29, 1.82) is 0 Å². The number of carbonyl (C=O) groups is 1. The normalized spacial score (nSPS) is 12.6. The van der Waals surface area contributed by atoms with E-state index in [4.69, 9.17) is 9.47 Å². The second-order valence-electron chi connectivity index (χ2n) is 7.40. The predicted molar refractivity (Wildman–Crippen MR) is 109 cm³/mol. The van der Waals surface area contributed by atoms with E-state index >= 15 is 0 Å². The zero-order valence-corrected chi connectivity index (χ0v) is 16.6. The summed E-state index contributed by atoms with van der Waals surface area (Å²) in [6, 6.07) is 17.9. The van der Waals surface area contributed by atoms with Gasteiger partial charge >= 0.3 is 6.09 Å². The maximum absolute atomic E-state index is 12.0. The SMILES string of the molecule is C/C=C/C(Cc1ccc(OCc2ccccc2)cc1)NC(=O)OC(C)(C)C. The third kappa shape index (κ3) is 7.99. The Bertz CT molecular complexity index is 730. The van der Waals surface area contributed by atoms with Gasteiger partial charge in [0, 0.05) is 0 Å². The highest BCUT2D eigenvalue weighted by Crippen LogP contribution is 2.16. The van der Waals surface area contributed by atoms with Gasteiger partial charge < -0.3 is 14.8 Å². The molecule has 1 N–H and O–H groups in total. The van der Waals surface area contributed by atoms with E-state index in [1.54, 1.807) is 0 Å². The van der Waals surface area contributed by atoms with Gasteiger partial charge in [-0.05, 0) is 57.4 Å². The van der Waals surface area contributed by atoms with Crippen molar-refractivity contribution in [3.63, 3.8) is 0 Å². The Morgan fingerprint density at radius 1 is 1.04 bits per heavy atom. The molecule has 27 heavy (non-hydrogen) atoms. The van der Waals surface area contributed by atoms with Gasteiger partial charge in [0.15, 0.2) is 0 Å². The van der Waals surface area contributed by atoms with Crippen molar-refractivity contribution in [2.45, 2.75) is 52.4 Å². The Morgan fingerprint density at radius 3 is 2.30 bits per heavy atom. The number of alkyl carbamates (subject to hydrolysis) is 1. The average molecular weight is 367 g/mol. The van der Waals surface area contributed by atoms with Crippen molar-refractivity contribution in [3.8, 4) is 5.75 Å². The largest absolute Gasteiger partial charge is 0.489 e. The van der Waals surface area contributed by atoms with Gasteiger partial charge in [0.1, 0.15) is 18.0 Å². The van der Waals surface area contributed by atoms with Crippen molar-refractivity contribution in [2.24, 2.45) is 0 Å². The molecule has 144 valence electrons. The summed E-state index contributed by atoms with van der Waals surface area (Å²) in [5.41, 5.74) is 1.74. The van der Waals surface area contributed by atoms with Crippen molar-refractivity contribution in [3.05, 3.63) is 77.9 Å². The molecule has 0 saturated carbocycles. The molecule has 4 nitrogen and oxygen atoms in total. The Balaban J connectivity index is 1.91. The summed E-state index contributed by atoms with van der Waals surface area (Å²) in [4.78, 5) is 12.0. The highest BCUT2D eigenvalue weighted by molar-refractivity contribution is 5.68. The zero-order valence-electron chi connectivity index (χ0n) is 16.6. The number of nitrogens with one attached hydrogen (secondary N) is 1. The maximum Gasteiger partial charge on any atom is 0.408 e. The number of amides is 1. The molecule has 2 aromatic carbocycles. The van der Waals surface area contributed by atoms with Crippen LogP contribution in [0.4, 0.5) is 4.79 Å². The van der Waals surface area contributed by atoms with Gasteiger partial charge in [-0.2, -0.15) is 0 Å². The molecule has 0 saturated heterocycles. The summed E-state index contributed by atoms with van der Waals surface area (Å²) in [5, 5.41) is 2.91. The summed E-state index contributed by atoms with van der Waals surface area (Å²) in [6.45, 7) is 8.04.